The molecule has 4 unspecified atom stereocenters. The Labute approximate surface area is 214 Å². The number of hydrogen-bond acceptors (Lipinski definition) is 6. The van der Waals surface area contributed by atoms with Crippen LogP contribution in [0, 0.1) is 34.5 Å². The van der Waals surface area contributed by atoms with Crippen molar-refractivity contribution in [1.82, 2.24) is 14.5 Å². The van der Waals surface area contributed by atoms with Gasteiger partial charge in [-0.05, 0) is 37.0 Å². The lowest BCUT2D eigenvalue weighted by Gasteiger charge is -2.37. The number of amides is 2. The minimum atomic E-state index is -1.07. The van der Waals surface area contributed by atoms with Gasteiger partial charge in [0.05, 0.1) is 36.6 Å². The van der Waals surface area contributed by atoms with Crippen LogP contribution in [0.5, 0.6) is 0 Å². The summed E-state index contributed by atoms with van der Waals surface area (Å²) in [7, 11) is 0. The fourth-order valence-corrected chi connectivity index (χ4v) is 5.55. The molecule has 2 amide bonds. The van der Waals surface area contributed by atoms with Crippen molar-refractivity contribution in [2.45, 2.75) is 80.7 Å². The highest BCUT2D eigenvalue weighted by atomic mass is 16.5. The number of likely N-dealkylation sites (tertiary alicyclic amines) is 1. The maximum Gasteiger partial charge on any atom is 0.309 e. The Morgan fingerprint density at radius 1 is 1.14 bits per heavy atom. The van der Waals surface area contributed by atoms with Gasteiger partial charge in [0.15, 0.2) is 0 Å². The molecule has 9 nitrogen and oxygen atoms in total. The van der Waals surface area contributed by atoms with E-state index in [1.54, 1.807) is 26.4 Å². The second-order valence-corrected chi connectivity index (χ2v) is 11.3. The van der Waals surface area contributed by atoms with Crippen molar-refractivity contribution in [3.63, 3.8) is 0 Å². The third kappa shape index (κ3) is 6.53. The Morgan fingerprint density at radius 3 is 2.33 bits per heavy atom. The van der Waals surface area contributed by atoms with Crippen LogP contribution >= 0.6 is 0 Å². The van der Waals surface area contributed by atoms with Crippen LogP contribution in [0.2, 0.25) is 0 Å². The van der Waals surface area contributed by atoms with Crippen molar-refractivity contribution < 1.29 is 29.0 Å². The number of carboxylic acid groups (broad SMARTS) is 1. The maximum atomic E-state index is 13.5. The van der Waals surface area contributed by atoms with E-state index in [4.69, 9.17) is 4.74 Å². The van der Waals surface area contributed by atoms with E-state index in [9.17, 15) is 24.3 Å². The van der Waals surface area contributed by atoms with Gasteiger partial charge in [0.1, 0.15) is 0 Å². The van der Waals surface area contributed by atoms with Crippen molar-refractivity contribution in [1.29, 1.82) is 0 Å². The number of ether oxygens (including phenoxy) is 1. The van der Waals surface area contributed by atoms with E-state index in [1.165, 1.54) is 4.90 Å². The number of carboxylic acids is 1. The zero-order valence-corrected chi connectivity index (χ0v) is 22.8. The molecule has 9 heteroatoms. The summed E-state index contributed by atoms with van der Waals surface area (Å²) in [6.45, 7) is 14.1. The van der Waals surface area contributed by atoms with Gasteiger partial charge in [-0.3, -0.25) is 24.1 Å². The summed E-state index contributed by atoms with van der Waals surface area (Å²) in [5, 5.41) is 9.98. The topological polar surface area (TPSA) is 119 Å². The molecule has 1 aliphatic rings. The predicted molar refractivity (Wildman–Crippen MR) is 135 cm³/mol. The molecule has 36 heavy (non-hydrogen) atoms. The SMILES string of the molecule is CCOC(=O)C(C)C(C(=O)O)C(C)(C)CCC1C(=O)N(CCCn2ccnc2)C(=O)C1C(C)(C)CC. The Morgan fingerprint density at radius 2 is 1.81 bits per heavy atom. The Kier molecular flexibility index (Phi) is 9.85. The number of imide groups is 1. The van der Waals surface area contributed by atoms with E-state index in [0.29, 0.717) is 32.4 Å². The molecule has 0 aromatic carbocycles. The van der Waals surface area contributed by atoms with E-state index in [1.807, 2.05) is 45.4 Å². The van der Waals surface area contributed by atoms with E-state index in [0.717, 1.165) is 6.42 Å². The Bertz CT molecular complexity index is 924. The number of carbonyl (C=O) groups is 4. The number of imidazole rings is 1. The summed E-state index contributed by atoms with van der Waals surface area (Å²) in [6, 6.07) is 0. The lowest BCUT2D eigenvalue weighted by molar-refractivity contribution is -0.161. The molecule has 1 N–H and O–H groups in total. The number of aryl methyl sites for hydroxylation is 1. The molecule has 1 aromatic rings. The highest BCUT2D eigenvalue weighted by Crippen LogP contribution is 2.46. The first-order chi connectivity index (χ1) is 16.8. The number of rotatable bonds is 14. The molecule has 0 aliphatic carbocycles. The normalized spacial score (nSPS) is 20.5. The van der Waals surface area contributed by atoms with Crippen LogP contribution in [0.15, 0.2) is 18.7 Å². The first kappa shape index (κ1) is 29.5. The number of aliphatic carboxylic acids is 1. The average molecular weight is 506 g/mol. The fraction of sp³-hybridized carbons (Fsp3) is 0.741. The second-order valence-electron chi connectivity index (χ2n) is 11.3. The summed E-state index contributed by atoms with van der Waals surface area (Å²) in [4.78, 5) is 57.0. The summed E-state index contributed by atoms with van der Waals surface area (Å²) in [5.74, 6) is -4.74. The summed E-state index contributed by atoms with van der Waals surface area (Å²) < 4.78 is 6.99. The van der Waals surface area contributed by atoms with Crippen molar-refractivity contribution in [2.75, 3.05) is 13.2 Å². The van der Waals surface area contributed by atoms with Gasteiger partial charge in [-0.15, -0.1) is 0 Å². The highest BCUT2D eigenvalue weighted by Gasteiger charge is 2.53. The Hall–Kier alpha value is -2.71. The molecular formula is C27H43N3O6. The van der Waals surface area contributed by atoms with Crippen LogP contribution in [0.25, 0.3) is 0 Å². The smallest absolute Gasteiger partial charge is 0.309 e. The average Bonchev–Trinajstić information content (AvgIpc) is 3.39. The summed E-state index contributed by atoms with van der Waals surface area (Å²) in [5.41, 5.74) is -1.18. The molecule has 2 rings (SSSR count). The van der Waals surface area contributed by atoms with E-state index in [2.05, 4.69) is 4.98 Å². The van der Waals surface area contributed by atoms with Gasteiger partial charge in [0.25, 0.3) is 0 Å². The molecule has 0 bridgehead atoms. The minimum Gasteiger partial charge on any atom is -0.481 e. The molecule has 4 atom stereocenters. The van der Waals surface area contributed by atoms with Crippen molar-refractivity contribution in [3.05, 3.63) is 18.7 Å². The van der Waals surface area contributed by atoms with Crippen molar-refractivity contribution in [3.8, 4) is 0 Å². The number of esters is 1. The molecule has 0 spiro atoms. The van der Waals surface area contributed by atoms with Gasteiger partial charge >= 0.3 is 11.9 Å². The lowest BCUT2D eigenvalue weighted by atomic mass is 9.65. The minimum absolute atomic E-state index is 0.144. The summed E-state index contributed by atoms with van der Waals surface area (Å²) >= 11 is 0. The monoisotopic (exact) mass is 505 g/mol. The molecule has 0 radical (unpaired) electrons. The zero-order chi connectivity index (χ0) is 27.3. The third-order valence-corrected chi connectivity index (χ3v) is 7.99. The van der Waals surface area contributed by atoms with Gasteiger partial charge in [-0.2, -0.15) is 0 Å². The molecule has 1 aliphatic heterocycles. The van der Waals surface area contributed by atoms with E-state index >= 15 is 0 Å². The molecular weight excluding hydrogens is 462 g/mol. The van der Waals surface area contributed by atoms with Crippen LogP contribution in [-0.2, 0) is 30.5 Å². The molecule has 1 aromatic heterocycles. The largest absolute Gasteiger partial charge is 0.481 e. The van der Waals surface area contributed by atoms with Crippen LogP contribution in [-0.4, -0.2) is 56.5 Å². The van der Waals surface area contributed by atoms with Gasteiger partial charge < -0.3 is 14.4 Å². The fourth-order valence-electron chi connectivity index (χ4n) is 5.55. The number of nitrogens with zero attached hydrogens (tertiary/aromatic N) is 3. The van der Waals surface area contributed by atoms with Gasteiger partial charge in [0, 0.05) is 25.5 Å². The van der Waals surface area contributed by atoms with E-state index < -0.39 is 41.0 Å². The number of aromatic nitrogens is 2. The zero-order valence-electron chi connectivity index (χ0n) is 22.8. The van der Waals surface area contributed by atoms with Crippen LogP contribution in [0.4, 0.5) is 0 Å². The molecule has 2 heterocycles. The van der Waals surface area contributed by atoms with Crippen molar-refractivity contribution in [2.24, 2.45) is 34.5 Å². The van der Waals surface area contributed by atoms with E-state index in [-0.39, 0.29) is 23.8 Å². The molecule has 1 fully saturated rings. The van der Waals surface area contributed by atoms with Gasteiger partial charge in [0.2, 0.25) is 11.8 Å². The Balaban J connectivity index is 2.22. The van der Waals surface area contributed by atoms with Gasteiger partial charge in [-0.1, -0.05) is 48.0 Å². The molecule has 202 valence electrons. The molecule has 1 saturated heterocycles. The predicted octanol–water partition coefficient (Wildman–Crippen LogP) is 4.02. The maximum absolute atomic E-state index is 13.5. The molecule has 0 saturated carbocycles. The lowest BCUT2D eigenvalue weighted by Crippen LogP contribution is -2.41. The number of hydrogen-bond donors (Lipinski definition) is 1. The quantitative estimate of drug-likeness (QED) is 0.300. The highest BCUT2D eigenvalue weighted by molar-refractivity contribution is 6.05. The van der Waals surface area contributed by atoms with Crippen LogP contribution < -0.4 is 0 Å². The van der Waals surface area contributed by atoms with Crippen LogP contribution in [0.1, 0.15) is 74.1 Å². The van der Waals surface area contributed by atoms with Crippen LogP contribution in [0.3, 0.4) is 0 Å². The summed E-state index contributed by atoms with van der Waals surface area (Å²) in [6.07, 6.45) is 7.37. The first-order valence-corrected chi connectivity index (χ1v) is 13.0. The van der Waals surface area contributed by atoms with Gasteiger partial charge in [-0.25, -0.2) is 4.98 Å². The van der Waals surface area contributed by atoms with Crippen molar-refractivity contribution >= 4 is 23.8 Å². The standard InChI is InChI=1S/C27H43N3O6/c1-8-26(4,5)21-19(22(31)30(23(21)32)15-10-14-29-16-13-28-17-29)11-12-27(6,7)20(24(33)34)18(3)25(35)36-9-2/h13,16-21H,8-12,14-15H2,1-7H3,(H,33,34). The first-order valence-electron chi connectivity index (χ1n) is 13.0. The number of carbonyl (C=O) groups excluding carboxylic acids is 3. The second kappa shape index (κ2) is 12.0. The third-order valence-electron chi connectivity index (χ3n) is 7.99.